The van der Waals surface area contributed by atoms with Crippen LogP contribution >= 0.6 is 0 Å². The number of ether oxygens (including phenoxy) is 2. The average molecular weight is 323 g/mol. The van der Waals surface area contributed by atoms with Gasteiger partial charge in [0, 0.05) is 6.42 Å². The molecule has 0 amide bonds. The third-order valence-electron chi connectivity index (χ3n) is 3.26. The standard InChI is InChI=1S/C11H15F6NO3/c1-20-8(19)9(18)4-2-3-6(5-9)21-7(10(12,13)14)11(15,16)17/h6-7H,2-5,18H2,1H3. The highest BCUT2D eigenvalue weighted by atomic mass is 19.4. The highest BCUT2D eigenvalue weighted by Gasteiger charge is 2.59. The number of methoxy groups -OCH3 is 1. The topological polar surface area (TPSA) is 61.5 Å². The van der Waals surface area contributed by atoms with Crippen LogP contribution in [-0.4, -0.2) is 43.2 Å². The number of carbonyl (C=O) groups is 1. The third-order valence-corrected chi connectivity index (χ3v) is 3.26. The summed E-state index contributed by atoms with van der Waals surface area (Å²) in [4.78, 5) is 11.5. The molecule has 0 saturated heterocycles. The van der Waals surface area contributed by atoms with Gasteiger partial charge in [-0.25, -0.2) is 0 Å². The largest absolute Gasteiger partial charge is 0.468 e. The quantitative estimate of drug-likeness (QED) is 0.639. The van der Waals surface area contributed by atoms with Gasteiger partial charge in [0.25, 0.3) is 0 Å². The van der Waals surface area contributed by atoms with Crippen LogP contribution in [0.3, 0.4) is 0 Å². The Morgan fingerprint density at radius 1 is 1.24 bits per heavy atom. The smallest absolute Gasteiger partial charge is 0.423 e. The van der Waals surface area contributed by atoms with Crippen molar-refractivity contribution in [3.05, 3.63) is 0 Å². The number of alkyl halides is 6. The molecule has 0 heterocycles. The molecule has 1 fully saturated rings. The van der Waals surface area contributed by atoms with E-state index >= 15 is 0 Å². The Labute approximate surface area is 116 Å². The summed E-state index contributed by atoms with van der Waals surface area (Å²) in [5.41, 5.74) is 4.05. The second-order valence-electron chi connectivity index (χ2n) is 4.97. The van der Waals surface area contributed by atoms with Gasteiger partial charge >= 0.3 is 18.3 Å². The lowest BCUT2D eigenvalue weighted by Crippen LogP contribution is -2.55. The van der Waals surface area contributed by atoms with E-state index in [9.17, 15) is 31.1 Å². The van der Waals surface area contributed by atoms with E-state index in [1.807, 2.05) is 0 Å². The maximum Gasteiger partial charge on any atom is 0.423 e. The SMILES string of the molecule is COC(=O)C1(N)CCCC(OC(C(F)(F)F)C(F)(F)F)C1. The van der Waals surface area contributed by atoms with E-state index in [0.717, 1.165) is 7.11 Å². The minimum Gasteiger partial charge on any atom is -0.468 e. The molecule has 21 heavy (non-hydrogen) atoms. The molecule has 1 aliphatic rings. The normalized spacial score (nSPS) is 27.8. The number of rotatable bonds is 3. The first-order valence-electron chi connectivity index (χ1n) is 6.06. The van der Waals surface area contributed by atoms with Crippen LogP contribution in [0.5, 0.6) is 0 Å². The molecular weight excluding hydrogens is 308 g/mol. The van der Waals surface area contributed by atoms with Gasteiger partial charge in [-0.05, 0) is 19.3 Å². The molecule has 0 bridgehead atoms. The Kier molecular flexibility index (Phi) is 5.14. The number of carbonyl (C=O) groups excluding carboxylic acids is 1. The van der Waals surface area contributed by atoms with Crippen LogP contribution in [0.2, 0.25) is 0 Å². The Morgan fingerprint density at radius 2 is 1.76 bits per heavy atom. The summed E-state index contributed by atoms with van der Waals surface area (Å²) in [6, 6.07) is 0. The van der Waals surface area contributed by atoms with E-state index in [4.69, 9.17) is 5.73 Å². The van der Waals surface area contributed by atoms with Crippen molar-refractivity contribution in [3.63, 3.8) is 0 Å². The Morgan fingerprint density at radius 3 is 2.19 bits per heavy atom. The van der Waals surface area contributed by atoms with Gasteiger partial charge in [0.1, 0.15) is 5.54 Å². The van der Waals surface area contributed by atoms with Gasteiger partial charge < -0.3 is 15.2 Å². The minimum absolute atomic E-state index is 0.0431. The number of halogens is 6. The predicted molar refractivity (Wildman–Crippen MR) is 58.2 cm³/mol. The van der Waals surface area contributed by atoms with Crippen molar-refractivity contribution in [2.24, 2.45) is 5.73 Å². The molecule has 1 aliphatic carbocycles. The Hall–Kier alpha value is -1.03. The van der Waals surface area contributed by atoms with E-state index < -0.39 is 42.5 Å². The molecule has 10 heteroatoms. The van der Waals surface area contributed by atoms with Crippen molar-refractivity contribution in [1.29, 1.82) is 0 Å². The van der Waals surface area contributed by atoms with E-state index in [2.05, 4.69) is 9.47 Å². The van der Waals surface area contributed by atoms with Crippen molar-refractivity contribution >= 4 is 5.97 Å². The van der Waals surface area contributed by atoms with Crippen LogP contribution in [0.1, 0.15) is 25.7 Å². The first kappa shape index (κ1) is 18.0. The van der Waals surface area contributed by atoms with Crippen LogP contribution in [0.4, 0.5) is 26.3 Å². The van der Waals surface area contributed by atoms with Gasteiger partial charge in [-0.1, -0.05) is 0 Å². The van der Waals surface area contributed by atoms with Crippen LogP contribution in [0, 0.1) is 0 Å². The maximum atomic E-state index is 12.4. The lowest BCUT2D eigenvalue weighted by atomic mass is 9.81. The third kappa shape index (κ3) is 4.47. The van der Waals surface area contributed by atoms with Gasteiger partial charge in [0.05, 0.1) is 13.2 Å². The fourth-order valence-electron chi connectivity index (χ4n) is 2.29. The number of hydrogen-bond acceptors (Lipinski definition) is 4. The monoisotopic (exact) mass is 323 g/mol. The fourth-order valence-corrected chi connectivity index (χ4v) is 2.29. The first-order chi connectivity index (χ1) is 9.40. The van der Waals surface area contributed by atoms with E-state index in [1.54, 1.807) is 0 Å². The number of hydrogen-bond donors (Lipinski definition) is 1. The molecule has 2 atom stereocenters. The number of esters is 1. The minimum atomic E-state index is -5.59. The molecule has 0 aromatic heterocycles. The van der Waals surface area contributed by atoms with Crippen molar-refractivity contribution in [2.45, 2.75) is 55.8 Å². The fraction of sp³-hybridized carbons (Fsp3) is 0.909. The highest BCUT2D eigenvalue weighted by molar-refractivity contribution is 5.80. The van der Waals surface area contributed by atoms with Gasteiger partial charge in [-0.2, -0.15) is 26.3 Å². The zero-order chi connectivity index (χ0) is 16.5. The average Bonchev–Trinajstić information content (AvgIpc) is 2.32. The van der Waals surface area contributed by atoms with Crippen molar-refractivity contribution in [3.8, 4) is 0 Å². The molecule has 2 N–H and O–H groups in total. The molecule has 0 radical (unpaired) electrons. The summed E-state index contributed by atoms with van der Waals surface area (Å²) in [7, 11) is 1.04. The number of nitrogens with two attached hydrogens (primary N) is 1. The molecule has 1 rings (SSSR count). The molecular formula is C11H15F6NO3. The van der Waals surface area contributed by atoms with Crippen LogP contribution in [0.15, 0.2) is 0 Å². The van der Waals surface area contributed by atoms with E-state index in [1.165, 1.54) is 0 Å². The van der Waals surface area contributed by atoms with Gasteiger partial charge in [-0.15, -0.1) is 0 Å². The van der Waals surface area contributed by atoms with E-state index in [0.29, 0.717) is 0 Å². The summed E-state index contributed by atoms with van der Waals surface area (Å²) in [6.07, 6.45) is -16.7. The zero-order valence-corrected chi connectivity index (χ0v) is 11.1. The van der Waals surface area contributed by atoms with Crippen LogP contribution in [-0.2, 0) is 14.3 Å². The molecule has 124 valence electrons. The predicted octanol–water partition coefficient (Wildman–Crippen LogP) is 2.31. The van der Waals surface area contributed by atoms with Crippen LogP contribution < -0.4 is 5.73 Å². The first-order valence-corrected chi connectivity index (χ1v) is 6.06. The highest BCUT2D eigenvalue weighted by Crippen LogP contribution is 2.39. The Bertz CT molecular complexity index is 369. The summed E-state index contributed by atoms with van der Waals surface area (Å²) in [5.74, 6) is -0.883. The molecule has 0 spiro atoms. The van der Waals surface area contributed by atoms with E-state index in [-0.39, 0.29) is 19.3 Å². The molecule has 0 aliphatic heterocycles. The summed E-state index contributed by atoms with van der Waals surface area (Å²) in [6.45, 7) is 0. The Balaban J connectivity index is 2.84. The van der Waals surface area contributed by atoms with Gasteiger partial charge in [0.15, 0.2) is 0 Å². The molecule has 1 saturated carbocycles. The summed E-state index contributed by atoms with van der Waals surface area (Å²) >= 11 is 0. The van der Waals surface area contributed by atoms with Crippen molar-refractivity contribution in [1.82, 2.24) is 0 Å². The van der Waals surface area contributed by atoms with Crippen molar-refractivity contribution < 1.29 is 40.6 Å². The molecule has 0 aromatic rings. The zero-order valence-electron chi connectivity index (χ0n) is 11.1. The van der Waals surface area contributed by atoms with Crippen LogP contribution in [0.25, 0.3) is 0 Å². The lowest BCUT2D eigenvalue weighted by molar-refractivity contribution is -0.333. The molecule has 4 nitrogen and oxygen atoms in total. The van der Waals surface area contributed by atoms with Crippen molar-refractivity contribution in [2.75, 3.05) is 7.11 Å². The second-order valence-corrected chi connectivity index (χ2v) is 4.97. The maximum absolute atomic E-state index is 12.4. The molecule has 0 aromatic carbocycles. The second kappa shape index (κ2) is 5.99. The van der Waals surface area contributed by atoms with Gasteiger partial charge in [0.2, 0.25) is 6.10 Å². The summed E-state index contributed by atoms with van der Waals surface area (Å²) in [5, 5.41) is 0. The summed E-state index contributed by atoms with van der Waals surface area (Å²) < 4.78 is 83.1. The molecule has 2 unspecified atom stereocenters. The lowest BCUT2D eigenvalue weighted by Gasteiger charge is -2.37. The van der Waals surface area contributed by atoms with Gasteiger partial charge in [-0.3, -0.25) is 4.79 Å².